The molecule has 1 atom stereocenters. The standard InChI is InChI=1S/C22H30N2O4S/c25-22(26)15-14-19(9-6-10-20-11-7-16-23-18-20)8-4-5-17-24-29(27,28)21-12-2-1-3-13-21/h1-3,7,11-13,16,18-19,24H,4-6,8-10,14-15,17H2,(H,25,26). The summed E-state index contributed by atoms with van der Waals surface area (Å²) in [5.41, 5.74) is 1.19. The van der Waals surface area contributed by atoms with Crippen LogP contribution in [0, 0.1) is 5.92 Å². The van der Waals surface area contributed by atoms with E-state index >= 15 is 0 Å². The molecule has 0 aliphatic heterocycles. The van der Waals surface area contributed by atoms with Crippen molar-refractivity contribution in [1.82, 2.24) is 9.71 Å². The third kappa shape index (κ3) is 9.19. The highest BCUT2D eigenvalue weighted by Gasteiger charge is 2.14. The summed E-state index contributed by atoms with van der Waals surface area (Å²) < 4.78 is 27.0. The van der Waals surface area contributed by atoms with Crippen LogP contribution in [0.15, 0.2) is 59.8 Å². The molecular formula is C22H30N2O4S. The van der Waals surface area contributed by atoms with Crippen LogP contribution in [0.25, 0.3) is 0 Å². The van der Waals surface area contributed by atoms with Crippen LogP contribution in [-0.4, -0.2) is 31.0 Å². The highest BCUT2D eigenvalue weighted by atomic mass is 32.2. The van der Waals surface area contributed by atoms with Crippen molar-refractivity contribution in [2.45, 2.75) is 56.3 Å². The van der Waals surface area contributed by atoms with Gasteiger partial charge in [-0.1, -0.05) is 43.5 Å². The summed E-state index contributed by atoms with van der Waals surface area (Å²) in [5.74, 6) is -0.425. The van der Waals surface area contributed by atoms with Gasteiger partial charge in [-0.2, -0.15) is 0 Å². The number of hydrogen-bond acceptors (Lipinski definition) is 4. The van der Waals surface area contributed by atoms with Crippen LogP contribution >= 0.6 is 0 Å². The number of aromatic nitrogens is 1. The molecule has 0 spiro atoms. The number of carboxylic acids is 1. The number of rotatable bonds is 14. The Morgan fingerprint density at radius 3 is 2.45 bits per heavy atom. The first-order chi connectivity index (χ1) is 14.0. The second-order valence-electron chi connectivity index (χ2n) is 7.26. The Morgan fingerprint density at radius 2 is 1.76 bits per heavy atom. The van der Waals surface area contributed by atoms with Crippen LogP contribution in [0.5, 0.6) is 0 Å². The third-order valence-corrected chi connectivity index (χ3v) is 6.43. The predicted octanol–water partition coefficient (Wildman–Crippen LogP) is 4.03. The minimum Gasteiger partial charge on any atom is -0.481 e. The van der Waals surface area contributed by atoms with Crippen LogP contribution in [-0.2, 0) is 21.2 Å². The maximum atomic E-state index is 12.2. The molecule has 0 saturated heterocycles. The van der Waals surface area contributed by atoms with Crippen LogP contribution in [0.3, 0.4) is 0 Å². The number of benzene rings is 1. The normalized spacial score (nSPS) is 12.6. The van der Waals surface area contributed by atoms with Gasteiger partial charge in [0.05, 0.1) is 4.90 Å². The third-order valence-electron chi connectivity index (χ3n) is 4.95. The topological polar surface area (TPSA) is 96.4 Å². The average Bonchev–Trinajstić information content (AvgIpc) is 2.72. The molecule has 0 amide bonds. The van der Waals surface area contributed by atoms with Crippen molar-refractivity contribution in [2.75, 3.05) is 6.54 Å². The minimum atomic E-state index is -3.46. The largest absolute Gasteiger partial charge is 0.481 e. The number of aryl methyl sites for hydroxylation is 1. The number of nitrogens with zero attached hydrogens (tertiary/aromatic N) is 1. The molecule has 0 radical (unpaired) electrons. The molecule has 2 N–H and O–H groups in total. The first-order valence-corrected chi connectivity index (χ1v) is 11.6. The molecule has 29 heavy (non-hydrogen) atoms. The van der Waals surface area contributed by atoms with Crippen molar-refractivity contribution in [3.63, 3.8) is 0 Å². The molecule has 1 aromatic carbocycles. The van der Waals surface area contributed by atoms with Gasteiger partial charge in [0.1, 0.15) is 0 Å². The molecule has 1 heterocycles. The van der Waals surface area contributed by atoms with E-state index in [1.54, 1.807) is 36.5 Å². The highest BCUT2D eigenvalue weighted by molar-refractivity contribution is 7.89. The smallest absolute Gasteiger partial charge is 0.303 e. The number of carbonyl (C=O) groups is 1. The van der Waals surface area contributed by atoms with Gasteiger partial charge in [-0.15, -0.1) is 0 Å². The summed E-state index contributed by atoms with van der Waals surface area (Å²) in [6, 6.07) is 12.3. The maximum Gasteiger partial charge on any atom is 0.303 e. The summed E-state index contributed by atoms with van der Waals surface area (Å²) in [6.07, 6.45) is 9.88. The molecule has 158 valence electrons. The van der Waals surface area contributed by atoms with E-state index in [-0.39, 0.29) is 11.3 Å². The molecule has 0 bridgehead atoms. The number of sulfonamides is 1. The zero-order valence-electron chi connectivity index (χ0n) is 16.7. The lowest BCUT2D eigenvalue weighted by molar-refractivity contribution is -0.137. The average molecular weight is 419 g/mol. The van der Waals surface area contributed by atoms with Crippen molar-refractivity contribution in [3.05, 3.63) is 60.4 Å². The summed E-state index contributed by atoms with van der Waals surface area (Å²) in [4.78, 5) is 15.3. The van der Waals surface area contributed by atoms with E-state index in [2.05, 4.69) is 15.8 Å². The van der Waals surface area contributed by atoms with Gasteiger partial charge in [-0.05, 0) is 55.4 Å². The van der Waals surface area contributed by atoms with E-state index in [1.807, 2.05) is 12.3 Å². The lowest BCUT2D eigenvalue weighted by Gasteiger charge is -2.16. The van der Waals surface area contributed by atoms with Gasteiger partial charge in [0.15, 0.2) is 0 Å². The van der Waals surface area contributed by atoms with Gasteiger partial charge in [-0.25, -0.2) is 13.1 Å². The van der Waals surface area contributed by atoms with Gasteiger partial charge < -0.3 is 5.11 Å². The second-order valence-corrected chi connectivity index (χ2v) is 9.03. The highest BCUT2D eigenvalue weighted by Crippen LogP contribution is 2.22. The summed E-state index contributed by atoms with van der Waals surface area (Å²) in [7, 11) is -3.46. The van der Waals surface area contributed by atoms with Crippen LogP contribution in [0.4, 0.5) is 0 Å². The number of pyridine rings is 1. The fraction of sp³-hybridized carbons (Fsp3) is 0.455. The Balaban J connectivity index is 1.71. The molecule has 0 aliphatic rings. The monoisotopic (exact) mass is 418 g/mol. The van der Waals surface area contributed by atoms with Crippen LogP contribution < -0.4 is 4.72 Å². The number of nitrogens with one attached hydrogen (secondary N) is 1. The molecule has 6 nitrogen and oxygen atoms in total. The van der Waals surface area contributed by atoms with Gasteiger partial charge in [0.2, 0.25) is 10.0 Å². The van der Waals surface area contributed by atoms with E-state index in [4.69, 9.17) is 5.11 Å². The van der Waals surface area contributed by atoms with E-state index in [1.165, 1.54) is 5.56 Å². The van der Waals surface area contributed by atoms with Crippen molar-refractivity contribution in [2.24, 2.45) is 5.92 Å². The number of hydrogen-bond donors (Lipinski definition) is 2. The van der Waals surface area contributed by atoms with Gasteiger partial charge >= 0.3 is 5.97 Å². The lowest BCUT2D eigenvalue weighted by Crippen LogP contribution is -2.24. The van der Waals surface area contributed by atoms with Crippen molar-refractivity contribution in [1.29, 1.82) is 0 Å². The lowest BCUT2D eigenvalue weighted by atomic mass is 9.91. The van der Waals surface area contributed by atoms with Crippen LogP contribution in [0.2, 0.25) is 0 Å². The molecule has 0 fully saturated rings. The second kappa shape index (κ2) is 12.3. The molecule has 0 saturated carbocycles. The molecule has 1 aromatic heterocycles. The zero-order chi connectivity index (χ0) is 21.0. The summed E-state index contributed by atoms with van der Waals surface area (Å²) >= 11 is 0. The van der Waals surface area contributed by atoms with Crippen LogP contribution in [0.1, 0.15) is 50.5 Å². The van der Waals surface area contributed by atoms with Gasteiger partial charge in [0.25, 0.3) is 0 Å². The SMILES string of the molecule is O=C(O)CCC(CCCCNS(=O)(=O)c1ccccc1)CCCc1cccnc1. The Hall–Kier alpha value is -2.25. The molecule has 0 aliphatic carbocycles. The quantitative estimate of drug-likeness (QED) is 0.452. The molecule has 2 aromatic rings. The van der Waals surface area contributed by atoms with Gasteiger partial charge in [-0.3, -0.25) is 9.78 Å². The molecule has 7 heteroatoms. The Labute approximate surface area is 173 Å². The first-order valence-electron chi connectivity index (χ1n) is 10.1. The van der Waals surface area contributed by atoms with Crippen molar-refractivity contribution in [3.8, 4) is 0 Å². The Kier molecular flexibility index (Phi) is 9.80. The van der Waals surface area contributed by atoms with E-state index in [0.717, 1.165) is 38.5 Å². The van der Waals surface area contributed by atoms with Crippen molar-refractivity contribution < 1.29 is 18.3 Å². The Morgan fingerprint density at radius 1 is 1.00 bits per heavy atom. The minimum absolute atomic E-state index is 0.179. The van der Waals surface area contributed by atoms with E-state index < -0.39 is 16.0 Å². The van der Waals surface area contributed by atoms with E-state index in [0.29, 0.717) is 18.9 Å². The molecule has 1 unspecified atom stereocenters. The van der Waals surface area contributed by atoms with Gasteiger partial charge in [0, 0.05) is 25.4 Å². The number of aliphatic carboxylic acids is 1. The molecule has 2 rings (SSSR count). The summed E-state index contributed by atoms with van der Waals surface area (Å²) in [6.45, 7) is 0.387. The predicted molar refractivity (Wildman–Crippen MR) is 113 cm³/mol. The zero-order valence-corrected chi connectivity index (χ0v) is 17.5. The fourth-order valence-electron chi connectivity index (χ4n) is 3.35. The Bertz CT molecular complexity index is 826. The number of carboxylic acid groups (broad SMARTS) is 1. The van der Waals surface area contributed by atoms with E-state index in [9.17, 15) is 13.2 Å². The number of unbranched alkanes of at least 4 members (excludes halogenated alkanes) is 1. The maximum absolute atomic E-state index is 12.2. The first kappa shape index (κ1) is 23.0. The molecular weight excluding hydrogens is 388 g/mol. The fourth-order valence-corrected chi connectivity index (χ4v) is 4.44. The summed E-state index contributed by atoms with van der Waals surface area (Å²) in [5, 5.41) is 8.99. The van der Waals surface area contributed by atoms with Crippen molar-refractivity contribution >= 4 is 16.0 Å².